The van der Waals surface area contributed by atoms with Crippen LogP contribution in [0.25, 0.3) is 11.1 Å². The lowest BCUT2D eigenvalue weighted by Crippen LogP contribution is -2.39. The molecule has 3 saturated heterocycles. The largest absolute Gasteiger partial charge is 0.381 e. The number of hydrogen-bond acceptors (Lipinski definition) is 7. The molecule has 2 aromatic rings. The molecule has 0 unspecified atom stereocenters. The molecule has 5 heterocycles. The molecule has 7 nitrogen and oxygen atoms in total. The second-order valence-corrected chi connectivity index (χ2v) is 8.63. The lowest BCUT2D eigenvalue weighted by Gasteiger charge is -2.35. The Morgan fingerprint density at radius 3 is 2.67 bits per heavy atom. The van der Waals surface area contributed by atoms with E-state index < -0.39 is 0 Å². The zero-order chi connectivity index (χ0) is 20.2. The van der Waals surface area contributed by atoms with Gasteiger partial charge in [0.1, 0.15) is 0 Å². The summed E-state index contributed by atoms with van der Waals surface area (Å²) in [4.78, 5) is 19.0. The number of nitrogens with zero attached hydrogens (tertiary/aromatic N) is 5. The Bertz CT molecular complexity index is 822. The van der Waals surface area contributed by atoms with E-state index in [1.807, 2.05) is 18.6 Å². The molecular formula is C23H31N5O2. The topological polar surface area (TPSA) is 63.6 Å². The van der Waals surface area contributed by atoms with E-state index in [-0.39, 0.29) is 0 Å². The summed E-state index contributed by atoms with van der Waals surface area (Å²) in [5.74, 6) is 1.94. The minimum atomic E-state index is 0.423. The first-order valence-corrected chi connectivity index (χ1v) is 11.3. The minimum absolute atomic E-state index is 0.423. The van der Waals surface area contributed by atoms with Gasteiger partial charge in [0.25, 0.3) is 0 Å². The zero-order valence-corrected chi connectivity index (χ0v) is 17.6. The van der Waals surface area contributed by atoms with Crippen molar-refractivity contribution in [2.24, 2.45) is 5.92 Å². The van der Waals surface area contributed by atoms with Crippen molar-refractivity contribution >= 4 is 5.95 Å². The number of aromatic nitrogens is 3. The van der Waals surface area contributed by atoms with Gasteiger partial charge >= 0.3 is 0 Å². The Morgan fingerprint density at radius 1 is 1.00 bits per heavy atom. The molecule has 2 aromatic heterocycles. The molecule has 3 aliphatic rings. The van der Waals surface area contributed by atoms with Crippen molar-refractivity contribution in [1.29, 1.82) is 0 Å². The minimum Gasteiger partial charge on any atom is -0.381 e. The average Bonchev–Trinajstić information content (AvgIpc) is 3.33. The van der Waals surface area contributed by atoms with Crippen LogP contribution in [0.2, 0.25) is 0 Å². The zero-order valence-electron chi connectivity index (χ0n) is 17.6. The standard InChI is InChI=1S/C23H31N5O2/c1-2-20(16-27(8-1)15-18-5-11-30-17-18)22-21(19-3-6-24-7-4-19)14-25-23(26-22)28-9-12-29-13-10-28/h3-4,6-7,14,18,20H,1-2,5,8-13,15-17H2/t18-,20-/m1/s1. The summed E-state index contributed by atoms with van der Waals surface area (Å²) >= 11 is 0. The Labute approximate surface area is 178 Å². The highest BCUT2D eigenvalue weighted by atomic mass is 16.5. The lowest BCUT2D eigenvalue weighted by molar-refractivity contribution is 0.122. The highest BCUT2D eigenvalue weighted by molar-refractivity contribution is 5.66. The van der Waals surface area contributed by atoms with Crippen LogP contribution in [0.4, 0.5) is 5.95 Å². The van der Waals surface area contributed by atoms with Crippen LogP contribution in [0.5, 0.6) is 0 Å². The molecule has 3 fully saturated rings. The van der Waals surface area contributed by atoms with E-state index >= 15 is 0 Å². The molecule has 2 atom stereocenters. The number of piperidine rings is 1. The molecule has 0 spiro atoms. The van der Waals surface area contributed by atoms with E-state index in [2.05, 4.69) is 26.9 Å². The van der Waals surface area contributed by atoms with E-state index in [1.165, 1.54) is 31.5 Å². The van der Waals surface area contributed by atoms with E-state index in [0.29, 0.717) is 11.8 Å². The molecule has 160 valence electrons. The predicted molar refractivity (Wildman–Crippen MR) is 116 cm³/mol. The quantitative estimate of drug-likeness (QED) is 0.752. The maximum absolute atomic E-state index is 5.60. The van der Waals surface area contributed by atoms with Crippen LogP contribution in [0.15, 0.2) is 30.7 Å². The Kier molecular flexibility index (Phi) is 6.20. The van der Waals surface area contributed by atoms with Crippen molar-refractivity contribution in [3.8, 4) is 11.1 Å². The first kappa shape index (κ1) is 19.8. The van der Waals surface area contributed by atoms with Crippen molar-refractivity contribution in [2.75, 3.05) is 64.1 Å². The van der Waals surface area contributed by atoms with Gasteiger partial charge < -0.3 is 19.3 Å². The number of morpholine rings is 1. The van der Waals surface area contributed by atoms with Gasteiger partial charge in [0.05, 0.1) is 25.5 Å². The van der Waals surface area contributed by atoms with Crippen molar-refractivity contribution in [1.82, 2.24) is 19.9 Å². The van der Waals surface area contributed by atoms with Crippen molar-refractivity contribution in [2.45, 2.75) is 25.2 Å². The monoisotopic (exact) mass is 409 g/mol. The number of rotatable bonds is 5. The molecule has 0 saturated carbocycles. The fourth-order valence-corrected chi connectivity index (χ4v) is 4.90. The van der Waals surface area contributed by atoms with Gasteiger partial charge in [-0.3, -0.25) is 4.98 Å². The Hall–Kier alpha value is -2.09. The van der Waals surface area contributed by atoms with Crippen LogP contribution in [0.1, 0.15) is 30.9 Å². The summed E-state index contributed by atoms with van der Waals surface area (Å²) in [6, 6.07) is 4.13. The van der Waals surface area contributed by atoms with Gasteiger partial charge in [-0.05, 0) is 49.4 Å². The van der Waals surface area contributed by atoms with E-state index in [1.54, 1.807) is 0 Å². The molecule has 0 aliphatic carbocycles. The third-order valence-electron chi connectivity index (χ3n) is 6.52. The van der Waals surface area contributed by atoms with Gasteiger partial charge in [-0.1, -0.05) is 0 Å². The van der Waals surface area contributed by atoms with Gasteiger partial charge in [0.15, 0.2) is 0 Å². The third-order valence-corrected chi connectivity index (χ3v) is 6.52. The highest BCUT2D eigenvalue weighted by Gasteiger charge is 2.29. The fourth-order valence-electron chi connectivity index (χ4n) is 4.90. The fraction of sp³-hybridized carbons (Fsp3) is 0.609. The molecule has 0 aromatic carbocycles. The molecule has 3 aliphatic heterocycles. The summed E-state index contributed by atoms with van der Waals surface area (Å²) in [6.07, 6.45) is 9.30. The molecule has 0 radical (unpaired) electrons. The number of pyridine rings is 1. The summed E-state index contributed by atoms with van der Waals surface area (Å²) < 4.78 is 11.1. The number of hydrogen-bond donors (Lipinski definition) is 0. The Morgan fingerprint density at radius 2 is 1.87 bits per heavy atom. The van der Waals surface area contributed by atoms with Crippen LogP contribution in [-0.2, 0) is 9.47 Å². The lowest BCUT2D eigenvalue weighted by atomic mass is 9.89. The molecule has 7 heteroatoms. The van der Waals surface area contributed by atoms with E-state index in [9.17, 15) is 0 Å². The molecule has 5 rings (SSSR count). The summed E-state index contributed by atoms with van der Waals surface area (Å²) in [7, 11) is 0. The smallest absolute Gasteiger partial charge is 0.225 e. The SMILES string of the molecule is c1cc(-c2cnc(N3CCOCC3)nc2[C@@H]2CCCN(C[C@H]3CCOC3)C2)ccn1. The number of ether oxygens (including phenoxy) is 2. The number of anilines is 1. The van der Waals surface area contributed by atoms with Crippen LogP contribution in [0, 0.1) is 5.92 Å². The first-order chi connectivity index (χ1) is 14.9. The van der Waals surface area contributed by atoms with Crippen LogP contribution in [-0.4, -0.2) is 79.0 Å². The van der Waals surface area contributed by atoms with Gasteiger partial charge in [-0.2, -0.15) is 0 Å². The normalized spacial score (nSPS) is 25.5. The molecule has 30 heavy (non-hydrogen) atoms. The highest BCUT2D eigenvalue weighted by Crippen LogP contribution is 2.34. The Balaban J connectivity index is 1.42. The summed E-state index contributed by atoms with van der Waals surface area (Å²) in [5.41, 5.74) is 3.48. The van der Waals surface area contributed by atoms with Crippen LogP contribution >= 0.6 is 0 Å². The van der Waals surface area contributed by atoms with Crippen molar-refractivity contribution in [3.63, 3.8) is 0 Å². The van der Waals surface area contributed by atoms with Gasteiger partial charge in [0, 0.05) is 62.9 Å². The molecule has 0 amide bonds. The van der Waals surface area contributed by atoms with Crippen molar-refractivity contribution in [3.05, 3.63) is 36.4 Å². The summed E-state index contributed by atoms with van der Waals surface area (Å²) in [6.45, 7) is 8.41. The molecule has 0 N–H and O–H groups in total. The van der Waals surface area contributed by atoms with E-state index in [4.69, 9.17) is 19.4 Å². The van der Waals surface area contributed by atoms with Gasteiger partial charge in [-0.25, -0.2) is 9.97 Å². The summed E-state index contributed by atoms with van der Waals surface area (Å²) in [5, 5.41) is 0. The van der Waals surface area contributed by atoms with Crippen LogP contribution < -0.4 is 4.90 Å². The van der Waals surface area contributed by atoms with E-state index in [0.717, 1.165) is 69.7 Å². The molecular weight excluding hydrogens is 378 g/mol. The van der Waals surface area contributed by atoms with Gasteiger partial charge in [0.2, 0.25) is 5.95 Å². The molecule has 0 bridgehead atoms. The van der Waals surface area contributed by atoms with Gasteiger partial charge in [-0.15, -0.1) is 0 Å². The second-order valence-electron chi connectivity index (χ2n) is 8.63. The van der Waals surface area contributed by atoms with Crippen LogP contribution in [0.3, 0.4) is 0 Å². The maximum Gasteiger partial charge on any atom is 0.225 e. The average molecular weight is 410 g/mol. The predicted octanol–water partition coefficient (Wildman–Crippen LogP) is 2.59. The van der Waals surface area contributed by atoms with Crippen molar-refractivity contribution < 1.29 is 9.47 Å². The maximum atomic E-state index is 5.60. The first-order valence-electron chi connectivity index (χ1n) is 11.3. The third kappa shape index (κ3) is 4.48. The second kappa shape index (κ2) is 9.37. The number of likely N-dealkylation sites (tertiary alicyclic amines) is 1.